The summed E-state index contributed by atoms with van der Waals surface area (Å²) in [6.07, 6.45) is -3.72. The molecule has 1 N–H and O–H groups in total. The van der Waals surface area contributed by atoms with Crippen LogP contribution < -0.4 is 5.32 Å². The van der Waals surface area contributed by atoms with Crippen LogP contribution >= 0.6 is 0 Å². The zero-order valence-electron chi connectivity index (χ0n) is 21.2. The molecule has 0 radical (unpaired) electrons. The zero-order chi connectivity index (χ0) is 26.5. The van der Waals surface area contributed by atoms with Gasteiger partial charge in [-0.15, -0.1) is 0 Å². The summed E-state index contributed by atoms with van der Waals surface area (Å²) in [5, 5.41) is 3.35. The number of rotatable bonds is 8. The summed E-state index contributed by atoms with van der Waals surface area (Å²) in [4.78, 5) is 30.7. The van der Waals surface area contributed by atoms with Gasteiger partial charge in [0, 0.05) is 5.39 Å². The highest BCUT2D eigenvalue weighted by atomic mass is 19.3. The summed E-state index contributed by atoms with van der Waals surface area (Å²) in [6, 6.07) is 16.8. The Morgan fingerprint density at radius 2 is 1.69 bits per heavy atom. The fraction of sp³-hybridized carbons (Fsp3) is 0.393. The Bertz CT molecular complexity index is 1210. The van der Waals surface area contributed by atoms with Crippen LogP contribution in [-0.2, 0) is 26.4 Å². The van der Waals surface area contributed by atoms with Crippen molar-refractivity contribution in [3.8, 4) is 0 Å². The molecule has 1 amide bonds. The summed E-state index contributed by atoms with van der Waals surface area (Å²) >= 11 is 0. The summed E-state index contributed by atoms with van der Waals surface area (Å²) in [5.41, 5.74) is -0.756. The molecule has 0 fully saturated rings. The van der Waals surface area contributed by atoms with Crippen molar-refractivity contribution in [2.45, 2.75) is 65.7 Å². The molecule has 0 spiro atoms. The minimum atomic E-state index is -2.70. The Morgan fingerprint density at radius 1 is 1.00 bits per heavy atom. The molecule has 0 aliphatic rings. The van der Waals surface area contributed by atoms with E-state index in [0.29, 0.717) is 16.5 Å². The second-order valence-corrected chi connectivity index (χ2v) is 10.2. The van der Waals surface area contributed by atoms with Gasteiger partial charge in [-0.25, -0.2) is 23.4 Å². The van der Waals surface area contributed by atoms with Crippen LogP contribution in [-0.4, -0.2) is 23.2 Å². The smallest absolute Gasteiger partial charge is 0.408 e. The first-order valence-electron chi connectivity index (χ1n) is 11.8. The molecule has 3 aromatic rings. The maximum atomic E-state index is 13.6. The Morgan fingerprint density at radius 3 is 2.31 bits per heavy atom. The molecule has 36 heavy (non-hydrogen) atoms. The number of nitrogens with one attached hydrogen (secondary N) is 1. The molecule has 6 nitrogen and oxygen atoms in total. The van der Waals surface area contributed by atoms with E-state index in [2.05, 4.69) is 10.3 Å². The van der Waals surface area contributed by atoms with Crippen LogP contribution in [0, 0.1) is 5.41 Å². The van der Waals surface area contributed by atoms with Crippen molar-refractivity contribution in [2.75, 3.05) is 0 Å². The van der Waals surface area contributed by atoms with Crippen LogP contribution in [0.25, 0.3) is 10.9 Å². The number of benzene rings is 2. The van der Waals surface area contributed by atoms with Gasteiger partial charge in [0.2, 0.25) is 0 Å². The van der Waals surface area contributed by atoms with Gasteiger partial charge in [0.1, 0.15) is 12.3 Å². The molecular formula is C28H32F2N2O4. The van der Waals surface area contributed by atoms with Gasteiger partial charge >= 0.3 is 12.1 Å². The highest BCUT2D eigenvalue weighted by molar-refractivity contribution is 5.90. The van der Waals surface area contributed by atoms with Crippen molar-refractivity contribution in [3.05, 3.63) is 77.5 Å². The highest BCUT2D eigenvalue weighted by Crippen LogP contribution is 2.38. The van der Waals surface area contributed by atoms with E-state index in [-0.39, 0.29) is 18.7 Å². The lowest BCUT2D eigenvalue weighted by molar-refractivity contribution is -0.157. The second-order valence-electron chi connectivity index (χ2n) is 10.2. The number of ether oxygens (including phenoxy) is 2. The third-order valence-electron chi connectivity index (χ3n) is 5.44. The van der Waals surface area contributed by atoms with E-state index in [1.54, 1.807) is 32.0 Å². The normalized spacial score (nSPS) is 13.5. The van der Waals surface area contributed by atoms with E-state index < -0.39 is 35.5 Å². The van der Waals surface area contributed by atoms with Gasteiger partial charge in [0.25, 0.3) is 6.43 Å². The summed E-state index contributed by atoms with van der Waals surface area (Å²) in [7, 11) is 0. The van der Waals surface area contributed by atoms with Crippen molar-refractivity contribution >= 4 is 23.0 Å². The Labute approximate surface area is 210 Å². The Kier molecular flexibility index (Phi) is 8.28. The van der Waals surface area contributed by atoms with Gasteiger partial charge in [0.05, 0.1) is 11.6 Å². The van der Waals surface area contributed by atoms with Crippen LogP contribution in [0.5, 0.6) is 0 Å². The number of fused-ring (bicyclic) bond motifs is 1. The fourth-order valence-corrected chi connectivity index (χ4v) is 4.03. The van der Waals surface area contributed by atoms with Crippen LogP contribution in [0.3, 0.4) is 0 Å². The van der Waals surface area contributed by atoms with Gasteiger partial charge in [-0.05, 0) is 55.0 Å². The number of aromatic nitrogens is 1. The molecule has 1 aromatic heterocycles. The van der Waals surface area contributed by atoms with Crippen LogP contribution in [0.15, 0.2) is 60.7 Å². The van der Waals surface area contributed by atoms with E-state index in [9.17, 15) is 18.4 Å². The maximum absolute atomic E-state index is 13.6. The zero-order valence-corrected chi connectivity index (χ0v) is 21.2. The lowest BCUT2D eigenvalue weighted by atomic mass is 9.75. The second kappa shape index (κ2) is 11.0. The number of carbonyl (C=O) groups excluding carboxylic acids is 2. The predicted molar refractivity (Wildman–Crippen MR) is 133 cm³/mol. The molecule has 192 valence electrons. The topological polar surface area (TPSA) is 77.5 Å². The van der Waals surface area contributed by atoms with Gasteiger partial charge in [0.15, 0.2) is 5.54 Å². The number of halogens is 2. The van der Waals surface area contributed by atoms with Gasteiger partial charge in [-0.2, -0.15) is 0 Å². The van der Waals surface area contributed by atoms with Crippen molar-refractivity contribution < 1.29 is 27.8 Å². The lowest BCUT2D eigenvalue weighted by Crippen LogP contribution is -2.55. The average molecular weight is 499 g/mol. The van der Waals surface area contributed by atoms with Crippen LogP contribution in [0.4, 0.5) is 13.6 Å². The number of nitrogens with zero attached hydrogens (tertiary/aromatic N) is 1. The maximum Gasteiger partial charge on any atom is 0.408 e. The number of esters is 1. The first-order chi connectivity index (χ1) is 16.9. The predicted octanol–water partition coefficient (Wildman–Crippen LogP) is 6.68. The SMILES string of the molecule is CC(C)OC(=O)C(CC(C)(C)C)(NC(=O)OCc1ccccc1)c1ccc2nc(C(F)F)ccc2c1. The van der Waals surface area contributed by atoms with E-state index >= 15 is 0 Å². The molecule has 2 aromatic carbocycles. The van der Waals surface area contributed by atoms with Gasteiger partial charge in [-0.3, -0.25) is 0 Å². The molecule has 8 heteroatoms. The van der Waals surface area contributed by atoms with Gasteiger partial charge < -0.3 is 14.8 Å². The fourth-order valence-electron chi connectivity index (χ4n) is 4.03. The monoisotopic (exact) mass is 498 g/mol. The number of hydrogen-bond donors (Lipinski definition) is 1. The number of hydrogen-bond acceptors (Lipinski definition) is 5. The molecule has 3 rings (SSSR count). The Hall–Kier alpha value is -3.55. The number of pyridine rings is 1. The summed E-state index contributed by atoms with van der Waals surface area (Å²) in [5.74, 6) is -0.638. The van der Waals surface area contributed by atoms with E-state index in [1.807, 2.05) is 51.1 Å². The van der Waals surface area contributed by atoms with Crippen molar-refractivity contribution in [1.82, 2.24) is 10.3 Å². The first-order valence-corrected chi connectivity index (χ1v) is 11.8. The van der Waals surface area contributed by atoms with E-state index in [4.69, 9.17) is 9.47 Å². The largest absolute Gasteiger partial charge is 0.461 e. The molecule has 0 bridgehead atoms. The number of alkyl halides is 2. The Balaban J connectivity index is 2.06. The molecule has 1 heterocycles. The number of carbonyl (C=O) groups is 2. The molecule has 0 aliphatic heterocycles. The molecular weight excluding hydrogens is 466 g/mol. The molecule has 1 atom stereocenters. The first kappa shape index (κ1) is 27.0. The molecule has 0 aliphatic carbocycles. The molecule has 0 saturated heterocycles. The number of amides is 1. The summed E-state index contributed by atoms with van der Waals surface area (Å²) < 4.78 is 37.3. The van der Waals surface area contributed by atoms with Crippen LogP contribution in [0.2, 0.25) is 0 Å². The standard InChI is InChI=1S/C28H32F2N2O4/c1-18(2)36-25(33)28(17-27(3,4)5,32-26(34)35-16-19-9-7-6-8-10-19)21-12-14-22-20(15-21)11-13-23(31-22)24(29)30/h6-15,18,24H,16-17H2,1-5H3,(H,32,34). The van der Waals surface area contributed by atoms with E-state index in [1.165, 1.54) is 12.1 Å². The van der Waals surface area contributed by atoms with E-state index in [0.717, 1.165) is 5.56 Å². The highest BCUT2D eigenvalue weighted by Gasteiger charge is 2.47. The lowest BCUT2D eigenvalue weighted by Gasteiger charge is -2.38. The van der Waals surface area contributed by atoms with Crippen molar-refractivity contribution in [3.63, 3.8) is 0 Å². The quantitative estimate of drug-likeness (QED) is 0.351. The number of alkyl carbamates (subject to hydrolysis) is 1. The third kappa shape index (κ3) is 6.77. The molecule has 1 unspecified atom stereocenters. The van der Waals surface area contributed by atoms with Crippen molar-refractivity contribution in [2.24, 2.45) is 5.41 Å². The molecule has 0 saturated carbocycles. The minimum Gasteiger partial charge on any atom is -0.461 e. The van der Waals surface area contributed by atoms with Crippen LogP contribution in [0.1, 0.15) is 64.3 Å². The third-order valence-corrected chi connectivity index (χ3v) is 5.44. The summed E-state index contributed by atoms with van der Waals surface area (Å²) in [6.45, 7) is 9.31. The minimum absolute atomic E-state index is 0.0234. The van der Waals surface area contributed by atoms with Gasteiger partial charge in [-0.1, -0.05) is 63.2 Å². The average Bonchev–Trinajstić information content (AvgIpc) is 2.81. The van der Waals surface area contributed by atoms with Crippen molar-refractivity contribution in [1.29, 1.82) is 0 Å².